The Balaban J connectivity index is 1.73. The van der Waals surface area contributed by atoms with E-state index in [1.807, 2.05) is 0 Å². The summed E-state index contributed by atoms with van der Waals surface area (Å²) >= 11 is 0. The zero-order valence-corrected chi connectivity index (χ0v) is 18.1. The van der Waals surface area contributed by atoms with Crippen molar-refractivity contribution in [3.63, 3.8) is 0 Å². The molecule has 0 aliphatic rings. The van der Waals surface area contributed by atoms with Crippen LogP contribution in [-0.4, -0.2) is 57.7 Å². The topological polar surface area (TPSA) is 122 Å². The standard InChI is InChI=1S/C22H22FN7O3/c1-25-10-15(9-24)14-7-18(23)21-28-27-20(30(21)12-14)13-29-4-3-19-17(22(29)31)8-16(11-26-19)33-6-5-32-2/h3-4,7-12H,5-6,13,24H2,1-2H3. The van der Waals surface area contributed by atoms with Gasteiger partial charge in [0, 0.05) is 50.1 Å². The lowest BCUT2D eigenvalue weighted by Gasteiger charge is -2.09. The molecule has 0 fully saturated rings. The van der Waals surface area contributed by atoms with Crippen LogP contribution in [0.2, 0.25) is 0 Å². The summed E-state index contributed by atoms with van der Waals surface area (Å²) < 4.78 is 28.1. The molecule has 0 atom stereocenters. The fourth-order valence-corrected chi connectivity index (χ4v) is 3.36. The number of ether oxygens (including phenoxy) is 2. The third-order valence-corrected chi connectivity index (χ3v) is 4.98. The molecule has 4 aromatic rings. The largest absolute Gasteiger partial charge is 0.490 e. The van der Waals surface area contributed by atoms with E-state index < -0.39 is 5.82 Å². The molecule has 4 heterocycles. The molecule has 0 amide bonds. The molecule has 11 heteroatoms. The van der Waals surface area contributed by atoms with Gasteiger partial charge in [0.05, 0.1) is 30.3 Å². The molecule has 0 aliphatic heterocycles. The first-order valence-electron chi connectivity index (χ1n) is 10.0. The van der Waals surface area contributed by atoms with E-state index in [2.05, 4.69) is 20.2 Å². The molecule has 2 N–H and O–H groups in total. The SMILES string of the molecule is CN=CC(=CN)c1cc(F)c2nnc(Cn3ccc4ncc(OCCOC)cc4c3=O)n2c1. The zero-order chi connectivity index (χ0) is 23.4. The van der Waals surface area contributed by atoms with Crippen molar-refractivity contribution in [2.45, 2.75) is 6.54 Å². The average Bonchev–Trinajstić information content (AvgIpc) is 3.23. The minimum absolute atomic E-state index is 0.0443. The highest BCUT2D eigenvalue weighted by atomic mass is 19.1. The minimum atomic E-state index is -0.567. The number of rotatable bonds is 8. The summed E-state index contributed by atoms with van der Waals surface area (Å²) in [6, 6.07) is 4.67. The minimum Gasteiger partial charge on any atom is -0.490 e. The Morgan fingerprint density at radius 3 is 2.91 bits per heavy atom. The molecular formula is C22H22FN7O3. The van der Waals surface area contributed by atoms with Crippen molar-refractivity contribution in [1.29, 1.82) is 0 Å². The van der Waals surface area contributed by atoms with Crippen LogP contribution in [0.5, 0.6) is 5.75 Å². The summed E-state index contributed by atoms with van der Waals surface area (Å²) in [5, 5.41) is 8.41. The second-order valence-electron chi connectivity index (χ2n) is 7.09. The molecule has 33 heavy (non-hydrogen) atoms. The number of nitrogens with zero attached hydrogens (tertiary/aromatic N) is 6. The molecule has 4 rings (SSSR count). The second-order valence-corrected chi connectivity index (χ2v) is 7.09. The van der Waals surface area contributed by atoms with Crippen molar-refractivity contribution in [2.75, 3.05) is 27.4 Å². The third-order valence-electron chi connectivity index (χ3n) is 4.98. The van der Waals surface area contributed by atoms with Gasteiger partial charge in [-0.2, -0.15) is 0 Å². The molecule has 0 radical (unpaired) electrons. The van der Waals surface area contributed by atoms with Crippen LogP contribution in [-0.2, 0) is 11.3 Å². The average molecular weight is 451 g/mol. The van der Waals surface area contributed by atoms with Crippen molar-refractivity contribution in [1.82, 2.24) is 24.1 Å². The summed E-state index contributed by atoms with van der Waals surface area (Å²) in [4.78, 5) is 21.3. The van der Waals surface area contributed by atoms with Gasteiger partial charge in [-0.1, -0.05) is 0 Å². The monoisotopic (exact) mass is 451 g/mol. The van der Waals surface area contributed by atoms with E-state index in [1.165, 1.54) is 27.4 Å². The quantitative estimate of drug-likeness (QED) is 0.319. The van der Waals surface area contributed by atoms with Gasteiger partial charge in [-0.25, -0.2) is 4.39 Å². The maximum atomic E-state index is 14.7. The van der Waals surface area contributed by atoms with Crippen LogP contribution in [0.25, 0.3) is 22.1 Å². The molecule has 0 saturated carbocycles. The fraction of sp³-hybridized carbons (Fsp3) is 0.227. The molecule has 0 bridgehead atoms. The Morgan fingerprint density at radius 1 is 1.30 bits per heavy atom. The van der Waals surface area contributed by atoms with Gasteiger partial charge in [0.15, 0.2) is 17.3 Å². The third kappa shape index (κ3) is 4.44. The molecular weight excluding hydrogens is 429 g/mol. The number of halogens is 1. The normalized spacial score (nSPS) is 12.3. The van der Waals surface area contributed by atoms with Crippen molar-refractivity contribution < 1.29 is 13.9 Å². The molecule has 0 aliphatic carbocycles. The highest BCUT2D eigenvalue weighted by Crippen LogP contribution is 2.19. The number of fused-ring (bicyclic) bond motifs is 2. The molecule has 0 aromatic carbocycles. The van der Waals surface area contributed by atoms with Gasteiger partial charge in [0.2, 0.25) is 0 Å². The maximum Gasteiger partial charge on any atom is 0.260 e. The second kappa shape index (κ2) is 9.57. The number of pyridine rings is 3. The summed E-state index contributed by atoms with van der Waals surface area (Å²) in [6.45, 7) is 0.824. The van der Waals surface area contributed by atoms with Crippen molar-refractivity contribution >= 4 is 28.3 Å². The van der Waals surface area contributed by atoms with E-state index in [1.54, 1.807) is 44.9 Å². The summed E-state index contributed by atoms with van der Waals surface area (Å²) in [7, 11) is 3.17. The fourth-order valence-electron chi connectivity index (χ4n) is 3.36. The first kappa shape index (κ1) is 22.1. The lowest BCUT2D eigenvalue weighted by molar-refractivity contribution is 0.146. The number of aliphatic imine (C=N–C) groups is 1. The van der Waals surface area contributed by atoms with Gasteiger partial charge >= 0.3 is 0 Å². The summed E-state index contributed by atoms with van der Waals surface area (Å²) in [6.07, 6.45) is 7.69. The van der Waals surface area contributed by atoms with E-state index in [4.69, 9.17) is 15.2 Å². The Kier molecular flexibility index (Phi) is 6.41. The van der Waals surface area contributed by atoms with Gasteiger partial charge in [0.1, 0.15) is 12.4 Å². The highest BCUT2D eigenvalue weighted by molar-refractivity contribution is 6.09. The van der Waals surface area contributed by atoms with E-state index in [9.17, 15) is 9.18 Å². The lowest BCUT2D eigenvalue weighted by Crippen LogP contribution is -2.21. The van der Waals surface area contributed by atoms with Gasteiger partial charge in [-0.15, -0.1) is 10.2 Å². The van der Waals surface area contributed by atoms with Gasteiger partial charge < -0.3 is 19.8 Å². The summed E-state index contributed by atoms with van der Waals surface area (Å²) in [5.74, 6) is 0.271. The van der Waals surface area contributed by atoms with Crippen LogP contribution in [0.3, 0.4) is 0 Å². The van der Waals surface area contributed by atoms with Crippen molar-refractivity contribution in [2.24, 2.45) is 10.7 Å². The van der Waals surface area contributed by atoms with Crippen molar-refractivity contribution in [3.05, 3.63) is 70.5 Å². The number of hydrogen-bond acceptors (Lipinski definition) is 8. The molecule has 0 saturated heterocycles. The van der Waals surface area contributed by atoms with Crippen LogP contribution in [0, 0.1) is 5.82 Å². The van der Waals surface area contributed by atoms with Gasteiger partial charge in [-0.3, -0.25) is 19.2 Å². The first-order chi connectivity index (χ1) is 16.0. The molecule has 4 aromatic heterocycles. The van der Waals surface area contributed by atoms with Crippen molar-refractivity contribution in [3.8, 4) is 5.75 Å². The zero-order valence-electron chi connectivity index (χ0n) is 18.1. The highest BCUT2D eigenvalue weighted by Gasteiger charge is 2.15. The first-order valence-corrected chi connectivity index (χ1v) is 10.0. The number of allylic oxidation sites excluding steroid dienone is 1. The molecule has 10 nitrogen and oxygen atoms in total. The Morgan fingerprint density at radius 2 is 2.15 bits per heavy atom. The number of methoxy groups -OCH3 is 1. The smallest absolute Gasteiger partial charge is 0.260 e. The van der Waals surface area contributed by atoms with Crippen LogP contribution in [0.1, 0.15) is 11.4 Å². The number of aromatic nitrogens is 5. The van der Waals surface area contributed by atoms with E-state index in [0.717, 1.165) is 0 Å². The lowest BCUT2D eigenvalue weighted by atomic mass is 10.1. The predicted octanol–water partition coefficient (Wildman–Crippen LogP) is 1.65. The Hall–Kier alpha value is -4.12. The maximum absolute atomic E-state index is 14.7. The Labute approximate surface area is 187 Å². The van der Waals surface area contributed by atoms with Gasteiger partial charge in [-0.05, 0) is 18.2 Å². The number of nitrogens with two attached hydrogens (primary N) is 1. The van der Waals surface area contributed by atoms with Crippen LogP contribution in [0.15, 0.2) is 52.8 Å². The van der Waals surface area contributed by atoms with Crippen LogP contribution >= 0.6 is 0 Å². The molecule has 170 valence electrons. The predicted molar refractivity (Wildman–Crippen MR) is 122 cm³/mol. The van der Waals surface area contributed by atoms with E-state index in [0.29, 0.717) is 46.8 Å². The Bertz CT molecular complexity index is 1430. The van der Waals surface area contributed by atoms with Crippen LogP contribution in [0.4, 0.5) is 4.39 Å². The van der Waals surface area contributed by atoms with Gasteiger partial charge in [0.25, 0.3) is 5.56 Å². The van der Waals surface area contributed by atoms with E-state index >= 15 is 0 Å². The molecule has 0 spiro atoms. The van der Waals surface area contributed by atoms with Crippen LogP contribution < -0.4 is 16.0 Å². The molecule has 0 unspecified atom stereocenters. The number of hydrogen-bond donors (Lipinski definition) is 1. The van der Waals surface area contributed by atoms with E-state index in [-0.39, 0.29) is 17.8 Å². The summed E-state index contributed by atoms with van der Waals surface area (Å²) in [5.41, 5.74) is 6.99.